The molecule has 5 N–H and O–H groups in total. The average molecular weight is 355 g/mol. The first-order chi connectivity index (χ1) is 11.6. The van der Waals surface area contributed by atoms with E-state index in [1.165, 1.54) is 25.9 Å². The van der Waals surface area contributed by atoms with Crippen molar-refractivity contribution in [2.45, 2.75) is 64.6 Å². The third kappa shape index (κ3) is 2.22. The molecule has 2 spiro atoms. The monoisotopic (exact) mass is 355 g/mol. The number of carboxylic acid groups (broad SMARTS) is 2. The highest BCUT2D eigenvalue weighted by atomic mass is 16.4. The summed E-state index contributed by atoms with van der Waals surface area (Å²) >= 11 is 0. The Hall–Kier alpha value is -1.18. The van der Waals surface area contributed by atoms with E-state index >= 15 is 0 Å². The number of carbonyl (C=O) groups is 2. The zero-order valence-electron chi connectivity index (χ0n) is 14.9. The van der Waals surface area contributed by atoms with Crippen molar-refractivity contribution in [2.24, 2.45) is 21.7 Å². The minimum absolute atomic E-state index is 0.749. The molecule has 4 bridgehead atoms. The Morgan fingerprint density at radius 2 is 1.16 bits per heavy atom. The lowest BCUT2D eigenvalue weighted by molar-refractivity contribution is -0.165. The summed E-state index contributed by atoms with van der Waals surface area (Å²) in [4.78, 5) is 19.5. The molecule has 7 nitrogen and oxygen atoms in total. The summed E-state index contributed by atoms with van der Waals surface area (Å²) in [5.41, 5.74) is 3.03. The van der Waals surface area contributed by atoms with Crippen LogP contribution in [0.1, 0.15) is 52.4 Å². The van der Waals surface area contributed by atoms with Crippen LogP contribution in [-0.4, -0.2) is 57.7 Å². The number of hydrogen-bond donors (Lipinski definition) is 5. The van der Waals surface area contributed by atoms with Crippen LogP contribution >= 0.6 is 0 Å². The molecule has 0 amide bonds. The maximum atomic E-state index is 9.77. The highest BCUT2D eigenvalue weighted by Gasteiger charge is 2.82. The summed E-state index contributed by atoms with van der Waals surface area (Å²) in [7, 11) is 0. The number of carboxylic acids is 2. The molecule has 142 valence electrons. The maximum absolute atomic E-state index is 9.77. The van der Waals surface area contributed by atoms with Crippen LogP contribution in [0.15, 0.2) is 0 Å². The van der Waals surface area contributed by atoms with Crippen molar-refractivity contribution in [3.63, 3.8) is 0 Å². The average Bonchev–Trinajstić information content (AvgIpc) is 3.25. The molecule has 1 saturated heterocycles. The summed E-state index contributed by atoms with van der Waals surface area (Å²) < 4.78 is 0. The third-order valence-electron chi connectivity index (χ3n) is 8.04. The Morgan fingerprint density at radius 1 is 0.840 bits per heavy atom. The van der Waals surface area contributed by atoms with Crippen molar-refractivity contribution < 1.29 is 30.0 Å². The Kier molecular flexibility index (Phi) is 4.21. The number of aliphatic hydroxyl groups excluding tert-OH is 2. The van der Waals surface area contributed by atoms with Gasteiger partial charge in [-0.25, -0.2) is 9.59 Å². The summed E-state index contributed by atoms with van der Waals surface area (Å²) in [5, 5.41) is 36.2. The second kappa shape index (κ2) is 5.66. The van der Waals surface area contributed by atoms with Gasteiger partial charge in [0.1, 0.15) is 0 Å². The molecule has 0 radical (unpaired) electrons. The summed E-state index contributed by atoms with van der Waals surface area (Å²) in [6.07, 6.45) is 4.63. The molecule has 0 aromatic rings. The lowest BCUT2D eigenvalue weighted by atomic mass is 9.65. The van der Waals surface area contributed by atoms with Gasteiger partial charge in [-0.15, -0.1) is 0 Å². The van der Waals surface area contributed by atoms with E-state index < -0.39 is 24.1 Å². The Bertz CT molecular complexity index is 526. The zero-order valence-corrected chi connectivity index (χ0v) is 14.9. The van der Waals surface area contributed by atoms with E-state index in [1.54, 1.807) is 25.7 Å². The number of aliphatic hydroxyl groups is 2. The van der Waals surface area contributed by atoms with E-state index in [9.17, 15) is 9.59 Å². The van der Waals surface area contributed by atoms with Crippen molar-refractivity contribution >= 4 is 11.9 Å². The molecule has 4 saturated carbocycles. The minimum atomic E-state index is -2.27. The number of nitrogens with one attached hydrogen (secondary N) is 1. The summed E-state index contributed by atoms with van der Waals surface area (Å²) in [6.45, 7) is 7.60. The van der Waals surface area contributed by atoms with Gasteiger partial charge in [-0.2, -0.15) is 0 Å². The highest BCUT2D eigenvalue weighted by molar-refractivity contribution is 5.83. The number of aliphatic carboxylic acids is 2. The van der Waals surface area contributed by atoms with Gasteiger partial charge in [-0.05, 0) is 60.2 Å². The molecule has 4 aliphatic carbocycles. The van der Waals surface area contributed by atoms with E-state index in [1.807, 2.05) is 0 Å². The fourth-order valence-electron chi connectivity index (χ4n) is 7.03. The fourth-order valence-corrected chi connectivity index (χ4v) is 7.03. The Morgan fingerprint density at radius 3 is 1.40 bits per heavy atom. The quantitative estimate of drug-likeness (QED) is 0.494. The van der Waals surface area contributed by atoms with Crippen molar-refractivity contribution in [3.8, 4) is 0 Å². The van der Waals surface area contributed by atoms with E-state index in [0.29, 0.717) is 0 Å². The van der Waals surface area contributed by atoms with Crippen LogP contribution in [0.4, 0.5) is 0 Å². The van der Waals surface area contributed by atoms with Gasteiger partial charge in [0.2, 0.25) is 0 Å². The molecule has 0 aromatic carbocycles. The standard InChI is InChI=1S/C14H23N.C4H6O6/c1-3-11-5-13-7-12(11,4-2)8-14(13,6-11)10-15-9-13;5-1(3(7)8)2(6)4(9)10/h15H,3-10H2,1-2H3;1-2,5-6H,(H,7,8)(H,9,10)/t;1-,2-/m.1/s1. The predicted molar refractivity (Wildman–Crippen MR) is 88.9 cm³/mol. The molecule has 1 heterocycles. The molecule has 7 heteroatoms. The van der Waals surface area contributed by atoms with Crippen LogP contribution < -0.4 is 5.32 Å². The van der Waals surface area contributed by atoms with Gasteiger partial charge in [0.15, 0.2) is 12.2 Å². The SMILES string of the molecule is CCC12CC34CNCC3(C1)CC2(CC)C4.O=C(O)[C@H](O)[C@@H](O)C(=O)O. The smallest absolute Gasteiger partial charge is 0.335 e. The third-order valence-corrected chi connectivity index (χ3v) is 8.04. The first-order valence-corrected chi connectivity index (χ1v) is 9.15. The van der Waals surface area contributed by atoms with Crippen LogP contribution in [-0.2, 0) is 9.59 Å². The molecule has 2 atom stereocenters. The molecule has 5 rings (SSSR count). The van der Waals surface area contributed by atoms with Gasteiger partial charge in [0.05, 0.1) is 0 Å². The largest absolute Gasteiger partial charge is 0.479 e. The number of rotatable bonds is 5. The lowest BCUT2D eigenvalue weighted by Crippen LogP contribution is -2.39. The number of hydrogen-bond acceptors (Lipinski definition) is 5. The molecule has 5 fully saturated rings. The van der Waals surface area contributed by atoms with E-state index in [2.05, 4.69) is 19.2 Å². The van der Waals surface area contributed by atoms with Crippen molar-refractivity contribution in [3.05, 3.63) is 0 Å². The van der Waals surface area contributed by atoms with Gasteiger partial charge in [-0.3, -0.25) is 0 Å². The van der Waals surface area contributed by atoms with E-state index in [0.717, 1.165) is 21.7 Å². The summed E-state index contributed by atoms with van der Waals surface area (Å²) in [6, 6.07) is 0. The zero-order chi connectivity index (χ0) is 18.7. The van der Waals surface area contributed by atoms with Gasteiger partial charge >= 0.3 is 11.9 Å². The van der Waals surface area contributed by atoms with E-state index in [-0.39, 0.29) is 0 Å². The van der Waals surface area contributed by atoms with Crippen LogP contribution in [0.2, 0.25) is 0 Å². The van der Waals surface area contributed by atoms with Crippen molar-refractivity contribution in [2.75, 3.05) is 13.1 Å². The van der Waals surface area contributed by atoms with Crippen molar-refractivity contribution in [1.82, 2.24) is 5.32 Å². The summed E-state index contributed by atoms with van der Waals surface area (Å²) in [5.74, 6) is -3.54. The normalized spacial score (nSPS) is 45.0. The minimum Gasteiger partial charge on any atom is -0.479 e. The predicted octanol–water partition coefficient (Wildman–Crippen LogP) is 0.834. The first kappa shape index (κ1) is 18.6. The van der Waals surface area contributed by atoms with Crippen LogP contribution in [0, 0.1) is 21.7 Å². The second-order valence-electron chi connectivity index (χ2n) is 8.71. The Balaban J connectivity index is 0.000000162. The topological polar surface area (TPSA) is 127 Å². The van der Waals surface area contributed by atoms with Crippen molar-refractivity contribution in [1.29, 1.82) is 0 Å². The molecule has 0 unspecified atom stereocenters. The molecule has 0 aromatic heterocycles. The van der Waals surface area contributed by atoms with Gasteiger partial charge in [0.25, 0.3) is 0 Å². The van der Waals surface area contributed by atoms with Crippen LogP contribution in [0.3, 0.4) is 0 Å². The van der Waals surface area contributed by atoms with Crippen LogP contribution in [0.25, 0.3) is 0 Å². The Labute approximate surface area is 147 Å². The first-order valence-electron chi connectivity index (χ1n) is 9.15. The molecular weight excluding hydrogens is 326 g/mol. The molecule has 5 aliphatic rings. The second-order valence-corrected chi connectivity index (χ2v) is 8.71. The van der Waals surface area contributed by atoms with Gasteiger partial charge in [-0.1, -0.05) is 13.8 Å². The highest BCUT2D eigenvalue weighted by Crippen LogP contribution is 2.88. The molecular formula is C18H29NO6. The maximum Gasteiger partial charge on any atom is 0.335 e. The van der Waals surface area contributed by atoms with Crippen LogP contribution in [0.5, 0.6) is 0 Å². The molecule has 25 heavy (non-hydrogen) atoms. The van der Waals surface area contributed by atoms with Gasteiger partial charge < -0.3 is 25.7 Å². The fraction of sp³-hybridized carbons (Fsp3) is 0.889. The lowest BCUT2D eigenvalue weighted by Gasteiger charge is -2.39. The molecule has 1 aliphatic heterocycles. The van der Waals surface area contributed by atoms with E-state index in [4.69, 9.17) is 20.4 Å². The van der Waals surface area contributed by atoms with Gasteiger partial charge in [0, 0.05) is 13.1 Å².